The average molecular weight is 422 g/mol. The molecule has 0 saturated heterocycles. The van der Waals surface area contributed by atoms with E-state index in [0.29, 0.717) is 16.1 Å². The number of hydrogen-bond donors (Lipinski definition) is 0. The molecule has 0 aliphatic rings. The van der Waals surface area contributed by atoms with Gasteiger partial charge in [0.25, 0.3) is 0 Å². The Balaban J connectivity index is 2.41. The number of benzene rings is 2. The molecule has 3 rings (SSSR count). The first-order chi connectivity index (χ1) is 12.8. The maximum Gasteiger partial charge on any atom is 0.416 e. The summed E-state index contributed by atoms with van der Waals surface area (Å²) in [6, 6.07) is 6.69. The van der Waals surface area contributed by atoms with Crippen molar-refractivity contribution in [3.63, 3.8) is 0 Å². The highest BCUT2D eigenvalue weighted by Gasteiger charge is 2.37. The largest absolute Gasteiger partial charge is 0.416 e. The van der Waals surface area contributed by atoms with Crippen LogP contribution < -0.4 is 0 Å². The van der Waals surface area contributed by atoms with Crippen LogP contribution in [0.2, 0.25) is 0 Å². The van der Waals surface area contributed by atoms with Crippen molar-refractivity contribution in [2.45, 2.75) is 19.3 Å². The second kappa shape index (κ2) is 6.50. The number of nitrogens with zero attached hydrogens (tertiary/aromatic N) is 2. The maximum absolute atomic E-state index is 13.1. The van der Waals surface area contributed by atoms with Crippen molar-refractivity contribution >= 4 is 21.1 Å². The molecule has 0 atom stereocenters. The molecule has 4 nitrogen and oxygen atoms in total. The average Bonchev–Trinajstić information content (AvgIpc) is 3.00. The molecule has 0 spiro atoms. The normalized spacial score (nSPS) is 13.2. The second-order valence-corrected chi connectivity index (χ2v) is 7.99. The van der Waals surface area contributed by atoms with E-state index in [1.165, 1.54) is 31.2 Å². The van der Waals surface area contributed by atoms with Crippen molar-refractivity contribution in [2.75, 3.05) is 5.75 Å². The summed E-state index contributed by atoms with van der Waals surface area (Å²) in [5.41, 5.74) is -3.52. The molecule has 0 saturated carbocycles. The highest BCUT2D eigenvalue weighted by Crippen LogP contribution is 2.39. The van der Waals surface area contributed by atoms with Crippen molar-refractivity contribution < 1.29 is 34.8 Å². The molecule has 0 amide bonds. The third-order valence-electron chi connectivity index (χ3n) is 4.01. The number of halogens is 6. The highest BCUT2D eigenvalue weighted by molar-refractivity contribution is 7.90. The van der Waals surface area contributed by atoms with Gasteiger partial charge in [-0.3, -0.25) is 0 Å². The van der Waals surface area contributed by atoms with Crippen LogP contribution in [0.5, 0.6) is 0 Å². The van der Waals surface area contributed by atoms with Crippen molar-refractivity contribution in [2.24, 2.45) is 0 Å². The molecule has 1 heterocycles. The van der Waals surface area contributed by atoms with Gasteiger partial charge in [-0.2, -0.15) is 26.3 Å². The van der Waals surface area contributed by atoms with Gasteiger partial charge in [-0.15, -0.1) is 0 Å². The lowest BCUT2D eigenvalue weighted by molar-refractivity contribution is -0.143. The molecule has 0 aliphatic carbocycles. The quantitative estimate of drug-likeness (QED) is 0.562. The fraction of sp³-hybridized carbons (Fsp3) is 0.235. The third kappa shape index (κ3) is 3.58. The molecular formula is C17H12F6N2O2S. The van der Waals surface area contributed by atoms with Crippen molar-refractivity contribution in [3.05, 3.63) is 53.6 Å². The molecule has 28 heavy (non-hydrogen) atoms. The Morgan fingerprint density at radius 1 is 0.929 bits per heavy atom. The van der Waals surface area contributed by atoms with Gasteiger partial charge in [0.1, 0.15) is 0 Å². The van der Waals surface area contributed by atoms with Gasteiger partial charge in [-0.1, -0.05) is 12.1 Å². The van der Waals surface area contributed by atoms with Gasteiger partial charge < -0.3 is 0 Å². The zero-order valence-electron chi connectivity index (χ0n) is 14.1. The number of hydrogen-bond acceptors (Lipinski definition) is 3. The topological polar surface area (TPSA) is 52.0 Å². The molecule has 0 aliphatic heterocycles. The van der Waals surface area contributed by atoms with Gasteiger partial charge in [0.05, 0.1) is 27.9 Å². The minimum absolute atomic E-state index is 0.0230. The molecule has 2 aromatic carbocycles. The van der Waals surface area contributed by atoms with E-state index in [4.69, 9.17) is 0 Å². The van der Waals surface area contributed by atoms with Crippen molar-refractivity contribution in [1.82, 2.24) is 8.96 Å². The van der Waals surface area contributed by atoms with Gasteiger partial charge in [-0.05, 0) is 37.3 Å². The van der Waals surface area contributed by atoms with E-state index in [9.17, 15) is 34.8 Å². The highest BCUT2D eigenvalue weighted by atomic mass is 32.2. The van der Waals surface area contributed by atoms with Gasteiger partial charge in [0.2, 0.25) is 10.0 Å². The Hall–Kier alpha value is -2.56. The summed E-state index contributed by atoms with van der Waals surface area (Å²) in [4.78, 5) is 3.99. The molecule has 0 unspecified atom stereocenters. The number of para-hydroxylation sites is 2. The Morgan fingerprint density at radius 2 is 1.46 bits per heavy atom. The molecule has 1 aromatic heterocycles. The molecule has 0 radical (unpaired) electrons. The number of rotatable bonds is 3. The van der Waals surface area contributed by atoms with Crippen LogP contribution in [-0.2, 0) is 22.4 Å². The van der Waals surface area contributed by atoms with E-state index in [1.807, 2.05) is 0 Å². The summed E-state index contributed by atoms with van der Waals surface area (Å²) in [5, 5.41) is 0. The van der Waals surface area contributed by atoms with Crippen LogP contribution in [-0.4, -0.2) is 23.1 Å². The molecule has 11 heteroatoms. The van der Waals surface area contributed by atoms with E-state index < -0.39 is 50.6 Å². The number of alkyl halides is 6. The smallest absolute Gasteiger partial charge is 0.227 e. The molecule has 0 N–H and O–H groups in total. The van der Waals surface area contributed by atoms with E-state index in [0.717, 1.165) is 0 Å². The SMILES string of the molecule is CCS(=O)(=O)n1c(-c2cc(C(F)(F)F)cc(C(F)(F)F)c2)nc2ccccc21. The van der Waals surface area contributed by atoms with Crippen LogP contribution in [0.4, 0.5) is 26.3 Å². The Labute approximate surface area is 155 Å². The van der Waals surface area contributed by atoms with E-state index in [-0.39, 0.29) is 17.1 Å². The van der Waals surface area contributed by atoms with E-state index in [1.54, 1.807) is 0 Å². The second-order valence-electron chi connectivity index (χ2n) is 5.88. The van der Waals surface area contributed by atoms with Crippen molar-refractivity contribution in [1.29, 1.82) is 0 Å². The number of aromatic nitrogens is 2. The first kappa shape index (κ1) is 20.2. The predicted octanol–water partition coefficient (Wildman–Crippen LogP) is 4.94. The summed E-state index contributed by atoms with van der Waals surface area (Å²) in [7, 11) is -4.07. The van der Waals surface area contributed by atoms with Crippen LogP contribution in [0, 0.1) is 0 Å². The summed E-state index contributed by atoms with van der Waals surface area (Å²) in [6.45, 7) is 1.31. The summed E-state index contributed by atoms with van der Waals surface area (Å²) >= 11 is 0. The Morgan fingerprint density at radius 3 is 1.96 bits per heavy atom. The van der Waals surface area contributed by atoms with Gasteiger partial charge >= 0.3 is 12.4 Å². The van der Waals surface area contributed by atoms with Crippen LogP contribution in [0.15, 0.2) is 42.5 Å². The Kier molecular flexibility index (Phi) is 4.69. The van der Waals surface area contributed by atoms with Gasteiger partial charge in [-0.25, -0.2) is 17.4 Å². The zero-order chi connectivity index (χ0) is 20.9. The lowest BCUT2D eigenvalue weighted by Gasteiger charge is -2.15. The molecule has 0 bridgehead atoms. The lowest BCUT2D eigenvalue weighted by Crippen LogP contribution is -2.17. The fourth-order valence-corrected chi connectivity index (χ4v) is 3.80. The van der Waals surface area contributed by atoms with Crippen molar-refractivity contribution in [3.8, 4) is 11.4 Å². The monoisotopic (exact) mass is 422 g/mol. The van der Waals surface area contributed by atoms with Crippen LogP contribution in [0.1, 0.15) is 18.1 Å². The molecule has 0 fully saturated rings. The summed E-state index contributed by atoms with van der Waals surface area (Å²) in [6.07, 6.45) is -10.1. The summed E-state index contributed by atoms with van der Waals surface area (Å²) < 4.78 is 105. The molecule has 150 valence electrons. The zero-order valence-corrected chi connectivity index (χ0v) is 15.0. The lowest BCUT2D eigenvalue weighted by atomic mass is 10.0. The van der Waals surface area contributed by atoms with Gasteiger partial charge in [0, 0.05) is 5.56 Å². The van der Waals surface area contributed by atoms with E-state index in [2.05, 4.69) is 4.98 Å². The maximum atomic E-state index is 13.1. The molecular weight excluding hydrogens is 410 g/mol. The Bertz CT molecular complexity index is 1110. The van der Waals surface area contributed by atoms with Crippen LogP contribution >= 0.6 is 0 Å². The minimum Gasteiger partial charge on any atom is -0.227 e. The fourth-order valence-electron chi connectivity index (χ4n) is 2.68. The third-order valence-corrected chi connectivity index (χ3v) is 5.66. The first-order valence-corrected chi connectivity index (χ1v) is 9.46. The van der Waals surface area contributed by atoms with Crippen LogP contribution in [0.3, 0.4) is 0 Å². The minimum atomic E-state index is -5.06. The predicted molar refractivity (Wildman–Crippen MR) is 90.0 cm³/mol. The van der Waals surface area contributed by atoms with E-state index >= 15 is 0 Å². The standard InChI is InChI=1S/C17H12F6N2O2S/c1-2-28(26,27)25-14-6-4-3-5-13(14)24-15(25)10-7-11(16(18,19)20)9-12(8-10)17(21,22)23/h3-9H,2H2,1H3. The molecule has 3 aromatic rings. The van der Waals surface area contributed by atoms with Crippen LogP contribution in [0.25, 0.3) is 22.4 Å². The number of fused-ring (bicyclic) bond motifs is 1. The summed E-state index contributed by atoms with van der Waals surface area (Å²) in [5.74, 6) is -0.939. The first-order valence-electron chi connectivity index (χ1n) is 7.85. The number of imidazole rings is 1. The van der Waals surface area contributed by atoms with Gasteiger partial charge in [0.15, 0.2) is 5.82 Å².